The largest absolute Gasteiger partial charge is 0.482 e. The van der Waals surface area contributed by atoms with Gasteiger partial charge in [-0.2, -0.15) is 0 Å². The second-order valence-electron chi connectivity index (χ2n) is 6.78. The van der Waals surface area contributed by atoms with Crippen molar-refractivity contribution in [2.45, 2.75) is 13.3 Å². The summed E-state index contributed by atoms with van der Waals surface area (Å²) in [6, 6.07) is 14.7. The highest BCUT2D eigenvalue weighted by atomic mass is 35.5. The van der Waals surface area contributed by atoms with Gasteiger partial charge < -0.3 is 19.4 Å². The van der Waals surface area contributed by atoms with Crippen LogP contribution in [0.1, 0.15) is 12.0 Å². The molecular weight excluding hydrogens is 392 g/mol. The summed E-state index contributed by atoms with van der Waals surface area (Å²) in [6.07, 6.45) is 0.804. The average molecular weight is 415 g/mol. The van der Waals surface area contributed by atoms with E-state index in [1.165, 1.54) is 12.1 Å². The second kappa shape index (κ2) is 9.47. The van der Waals surface area contributed by atoms with Crippen molar-refractivity contribution in [2.24, 2.45) is 0 Å². The molecule has 7 heteroatoms. The Morgan fingerprint density at radius 3 is 2.72 bits per heavy atom. The van der Waals surface area contributed by atoms with Crippen LogP contribution in [0, 0.1) is 6.92 Å². The molecule has 0 saturated heterocycles. The van der Waals surface area contributed by atoms with Gasteiger partial charge in [-0.25, -0.2) is 4.79 Å². The Morgan fingerprint density at radius 1 is 1.21 bits per heavy atom. The molecule has 0 aliphatic carbocycles. The lowest BCUT2D eigenvalue weighted by Gasteiger charge is -2.19. The van der Waals surface area contributed by atoms with Gasteiger partial charge in [0.05, 0.1) is 5.02 Å². The highest BCUT2D eigenvalue weighted by molar-refractivity contribution is 6.32. The highest BCUT2D eigenvalue weighted by Gasteiger charge is 2.11. The smallest absolute Gasteiger partial charge is 0.336 e. The Bertz CT molecular complexity index is 1050. The number of nitrogens with one attached hydrogen (secondary N) is 1. The number of fused-ring (bicyclic) bond motifs is 1. The zero-order valence-corrected chi connectivity index (χ0v) is 17.2. The molecule has 1 amide bonds. The number of aryl methyl sites for hydroxylation is 1. The molecule has 0 saturated carbocycles. The number of anilines is 1. The van der Waals surface area contributed by atoms with Crippen LogP contribution < -0.4 is 20.6 Å². The summed E-state index contributed by atoms with van der Waals surface area (Å²) in [5.74, 6) is 0.0566. The van der Waals surface area contributed by atoms with Gasteiger partial charge in [0.2, 0.25) is 0 Å². The third-order valence-electron chi connectivity index (χ3n) is 4.55. The van der Waals surface area contributed by atoms with Crippen LogP contribution in [0.25, 0.3) is 11.0 Å². The molecule has 2 aromatic carbocycles. The first-order chi connectivity index (χ1) is 13.9. The molecule has 3 aromatic rings. The minimum absolute atomic E-state index is 0.171. The van der Waals surface area contributed by atoms with Gasteiger partial charge in [-0.15, -0.1) is 0 Å². The van der Waals surface area contributed by atoms with Crippen molar-refractivity contribution >= 4 is 34.2 Å². The normalized spacial score (nSPS) is 10.7. The van der Waals surface area contributed by atoms with Crippen LogP contribution in [-0.4, -0.2) is 32.7 Å². The number of halogens is 1. The first kappa shape index (κ1) is 20.7. The number of ether oxygens (including phenoxy) is 1. The van der Waals surface area contributed by atoms with Gasteiger partial charge >= 0.3 is 5.63 Å². The molecule has 1 N–H and O–H groups in total. The molecule has 6 nitrogen and oxygen atoms in total. The summed E-state index contributed by atoms with van der Waals surface area (Å²) >= 11 is 6.24. The van der Waals surface area contributed by atoms with E-state index in [2.05, 4.69) is 10.2 Å². The van der Waals surface area contributed by atoms with Gasteiger partial charge in [-0.1, -0.05) is 29.8 Å². The maximum Gasteiger partial charge on any atom is 0.336 e. The Hall–Kier alpha value is -2.99. The number of amides is 1. The first-order valence-electron chi connectivity index (χ1n) is 9.34. The lowest BCUT2D eigenvalue weighted by atomic mass is 10.1. The number of benzene rings is 2. The maximum absolute atomic E-state index is 12.0. The van der Waals surface area contributed by atoms with Crippen molar-refractivity contribution in [1.82, 2.24) is 5.32 Å². The minimum Gasteiger partial charge on any atom is -0.482 e. The monoisotopic (exact) mass is 414 g/mol. The molecule has 0 radical (unpaired) electrons. The molecule has 0 spiro atoms. The van der Waals surface area contributed by atoms with E-state index >= 15 is 0 Å². The van der Waals surface area contributed by atoms with Crippen LogP contribution in [0.3, 0.4) is 0 Å². The van der Waals surface area contributed by atoms with Gasteiger partial charge in [-0.3, -0.25) is 4.79 Å². The molecule has 0 fully saturated rings. The Kier molecular flexibility index (Phi) is 6.77. The molecule has 1 heterocycles. The van der Waals surface area contributed by atoms with Crippen LogP contribution in [-0.2, 0) is 4.79 Å². The van der Waals surface area contributed by atoms with Gasteiger partial charge in [-0.05, 0) is 37.1 Å². The molecule has 0 atom stereocenters. The van der Waals surface area contributed by atoms with Crippen molar-refractivity contribution in [3.8, 4) is 5.75 Å². The Morgan fingerprint density at radius 2 is 1.97 bits per heavy atom. The fourth-order valence-electron chi connectivity index (χ4n) is 2.98. The zero-order valence-electron chi connectivity index (χ0n) is 16.4. The zero-order chi connectivity index (χ0) is 20.8. The number of para-hydroxylation sites is 1. The van der Waals surface area contributed by atoms with Crippen molar-refractivity contribution in [2.75, 3.05) is 31.6 Å². The molecule has 152 valence electrons. The summed E-state index contributed by atoms with van der Waals surface area (Å²) in [5.41, 5.74) is 1.83. The van der Waals surface area contributed by atoms with E-state index in [-0.39, 0.29) is 12.5 Å². The number of nitrogens with zero attached hydrogens (tertiary/aromatic N) is 1. The summed E-state index contributed by atoms with van der Waals surface area (Å²) in [5, 5.41) is 3.91. The van der Waals surface area contributed by atoms with E-state index in [0.717, 1.165) is 29.6 Å². The highest BCUT2D eigenvalue weighted by Crippen LogP contribution is 2.30. The van der Waals surface area contributed by atoms with Crippen LogP contribution in [0.2, 0.25) is 5.02 Å². The average Bonchev–Trinajstić information content (AvgIpc) is 2.70. The third kappa shape index (κ3) is 5.51. The predicted octanol–water partition coefficient (Wildman–Crippen LogP) is 3.78. The molecular formula is C22H23ClN2O4. The van der Waals surface area contributed by atoms with Crippen molar-refractivity contribution in [3.05, 3.63) is 69.5 Å². The predicted molar refractivity (Wildman–Crippen MR) is 115 cm³/mol. The number of hydrogen-bond donors (Lipinski definition) is 1. The van der Waals surface area contributed by atoms with Gasteiger partial charge in [0.1, 0.15) is 11.3 Å². The lowest BCUT2D eigenvalue weighted by molar-refractivity contribution is -0.123. The summed E-state index contributed by atoms with van der Waals surface area (Å²) in [6.45, 7) is 2.99. The van der Waals surface area contributed by atoms with Crippen LogP contribution in [0.5, 0.6) is 5.75 Å². The Balaban J connectivity index is 1.48. The van der Waals surface area contributed by atoms with E-state index in [1.54, 1.807) is 13.0 Å². The van der Waals surface area contributed by atoms with E-state index in [9.17, 15) is 9.59 Å². The van der Waals surface area contributed by atoms with Crippen molar-refractivity contribution in [1.29, 1.82) is 0 Å². The van der Waals surface area contributed by atoms with E-state index in [4.69, 9.17) is 20.8 Å². The van der Waals surface area contributed by atoms with Crippen LogP contribution in [0.15, 0.2) is 57.7 Å². The topological polar surface area (TPSA) is 71.8 Å². The van der Waals surface area contributed by atoms with E-state index in [1.807, 2.05) is 37.4 Å². The number of carbonyl (C=O) groups excluding carboxylic acids is 1. The van der Waals surface area contributed by atoms with Gasteiger partial charge in [0.25, 0.3) is 5.91 Å². The second-order valence-corrected chi connectivity index (χ2v) is 7.18. The molecule has 29 heavy (non-hydrogen) atoms. The SMILES string of the molecule is Cc1cc(=O)oc2cc(OCC(=O)NCCCN(C)c3ccccc3)c(Cl)cc12. The van der Waals surface area contributed by atoms with Gasteiger partial charge in [0, 0.05) is 43.3 Å². The van der Waals surface area contributed by atoms with Gasteiger partial charge in [0.15, 0.2) is 6.61 Å². The van der Waals surface area contributed by atoms with Crippen LogP contribution in [0.4, 0.5) is 5.69 Å². The summed E-state index contributed by atoms with van der Waals surface area (Å²) in [7, 11) is 2.02. The standard InChI is InChI=1S/C22H23ClN2O4/c1-15-11-22(27)29-19-13-20(18(23)12-17(15)19)28-14-21(26)24-9-6-10-25(2)16-7-4-3-5-8-16/h3-5,7-8,11-13H,6,9-10,14H2,1-2H3,(H,24,26). The fraction of sp³-hybridized carbons (Fsp3) is 0.273. The van der Waals surface area contributed by atoms with E-state index in [0.29, 0.717) is 22.9 Å². The molecule has 0 aliphatic heterocycles. The summed E-state index contributed by atoms with van der Waals surface area (Å²) < 4.78 is 10.7. The number of rotatable bonds is 8. The molecule has 3 rings (SSSR count). The Labute approximate surface area is 174 Å². The molecule has 1 aromatic heterocycles. The first-order valence-corrected chi connectivity index (χ1v) is 9.71. The van der Waals surface area contributed by atoms with Crippen LogP contribution >= 0.6 is 11.6 Å². The van der Waals surface area contributed by atoms with Crippen molar-refractivity contribution < 1.29 is 13.9 Å². The molecule has 0 bridgehead atoms. The molecule has 0 unspecified atom stereocenters. The van der Waals surface area contributed by atoms with Crippen molar-refractivity contribution in [3.63, 3.8) is 0 Å². The fourth-order valence-corrected chi connectivity index (χ4v) is 3.20. The summed E-state index contributed by atoms with van der Waals surface area (Å²) in [4.78, 5) is 25.7. The number of hydrogen-bond acceptors (Lipinski definition) is 5. The minimum atomic E-state index is -0.443. The number of carbonyl (C=O) groups is 1. The molecule has 0 aliphatic rings. The maximum atomic E-state index is 12.0. The van der Waals surface area contributed by atoms with E-state index < -0.39 is 5.63 Å². The lowest BCUT2D eigenvalue weighted by Crippen LogP contribution is -2.31. The quantitative estimate of drug-likeness (QED) is 0.448. The third-order valence-corrected chi connectivity index (χ3v) is 4.85.